The summed E-state index contributed by atoms with van der Waals surface area (Å²) in [5.41, 5.74) is 1.37. The zero-order valence-electron chi connectivity index (χ0n) is 15.2. The van der Waals surface area contributed by atoms with E-state index in [1.165, 1.54) is 4.90 Å². The van der Waals surface area contributed by atoms with E-state index in [0.717, 1.165) is 10.0 Å². The first-order valence-corrected chi connectivity index (χ1v) is 9.34. The molecule has 8 nitrogen and oxygen atoms in total. The average Bonchev–Trinajstić information content (AvgIpc) is 3.23. The van der Waals surface area contributed by atoms with E-state index in [1.54, 1.807) is 43.5 Å². The van der Waals surface area contributed by atoms with Gasteiger partial charge in [0.1, 0.15) is 11.5 Å². The molecule has 0 unspecified atom stereocenters. The van der Waals surface area contributed by atoms with Gasteiger partial charge in [-0.3, -0.25) is 14.6 Å². The number of carbonyl (C=O) groups is 2. The number of benzene rings is 2. The molecule has 0 aliphatic carbocycles. The van der Waals surface area contributed by atoms with Crippen LogP contribution in [0.25, 0.3) is 0 Å². The number of methoxy groups -OCH3 is 2. The molecule has 0 spiro atoms. The van der Waals surface area contributed by atoms with Crippen LogP contribution in [0.3, 0.4) is 0 Å². The molecule has 0 aromatic heterocycles. The van der Waals surface area contributed by atoms with Crippen molar-refractivity contribution >= 4 is 33.4 Å². The second-order valence-corrected chi connectivity index (χ2v) is 7.21. The minimum atomic E-state index is -0.834. The summed E-state index contributed by atoms with van der Waals surface area (Å²) in [6.07, 6.45) is 0. The first-order chi connectivity index (χ1) is 13.5. The van der Waals surface area contributed by atoms with Crippen LogP contribution in [-0.4, -0.2) is 43.1 Å². The van der Waals surface area contributed by atoms with Crippen molar-refractivity contribution in [3.05, 3.63) is 52.5 Å². The molecule has 2 aromatic carbocycles. The Balaban J connectivity index is 1.59. The monoisotopic (exact) mass is 444 g/mol. The number of hydrogen-bond donors (Lipinski definition) is 0. The lowest BCUT2D eigenvalue weighted by molar-refractivity contribution is -0.123. The molecule has 1 fully saturated rings. The second kappa shape index (κ2) is 7.23. The molecule has 2 aliphatic heterocycles. The van der Waals surface area contributed by atoms with E-state index in [2.05, 4.69) is 26.3 Å². The van der Waals surface area contributed by atoms with E-state index in [1.807, 2.05) is 18.2 Å². The number of hydrogen-bond acceptors (Lipinski definition) is 7. The molecule has 2 heterocycles. The molecule has 2 amide bonds. The van der Waals surface area contributed by atoms with E-state index in [0.29, 0.717) is 23.7 Å². The van der Waals surface area contributed by atoms with Gasteiger partial charge in [0.15, 0.2) is 12.1 Å². The van der Waals surface area contributed by atoms with Crippen LogP contribution >= 0.6 is 15.9 Å². The van der Waals surface area contributed by atoms with Crippen LogP contribution < -0.4 is 14.4 Å². The number of fused-ring (bicyclic) bond motifs is 1. The second-order valence-electron chi connectivity index (χ2n) is 6.36. The van der Waals surface area contributed by atoms with Gasteiger partial charge < -0.3 is 9.47 Å². The van der Waals surface area contributed by atoms with E-state index >= 15 is 0 Å². The van der Waals surface area contributed by atoms with Crippen molar-refractivity contribution in [1.82, 2.24) is 5.01 Å². The van der Waals surface area contributed by atoms with Crippen LogP contribution in [0.4, 0.5) is 5.69 Å². The molecular formula is C19H17BrN4O4. The number of anilines is 1. The van der Waals surface area contributed by atoms with Crippen LogP contribution in [0.15, 0.2) is 57.3 Å². The van der Waals surface area contributed by atoms with Crippen molar-refractivity contribution in [2.75, 3.05) is 19.1 Å². The Morgan fingerprint density at radius 3 is 2.36 bits per heavy atom. The molecule has 4 rings (SSSR count). The van der Waals surface area contributed by atoms with E-state index < -0.39 is 12.1 Å². The zero-order valence-corrected chi connectivity index (χ0v) is 16.8. The lowest BCUT2D eigenvalue weighted by atomic mass is 10.1. The Labute approximate surface area is 169 Å². The number of ether oxygens (including phenoxy) is 2. The summed E-state index contributed by atoms with van der Waals surface area (Å²) in [4.78, 5) is 27.0. The molecule has 0 N–H and O–H groups in total. The van der Waals surface area contributed by atoms with Gasteiger partial charge in [-0.15, -0.1) is 0 Å². The van der Waals surface area contributed by atoms with Crippen molar-refractivity contribution in [2.45, 2.75) is 18.6 Å². The van der Waals surface area contributed by atoms with Gasteiger partial charge in [-0.1, -0.05) is 21.2 Å². The average molecular weight is 445 g/mol. The maximum atomic E-state index is 13.0. The maximum Gasteiger partial charge on any atom is 0.263 e. The van der Waals surface area contributed by atoms with Gasteiger partial charge >= 0.3 is 0 Å². The summed E-state index contributed by atoms with van der Waals surface area (Å²) in [6, 6.07) is 10.7. The minimum absolute atomic E-state index is 0.317. The van der Waals surface area contributed by atoms with Crippen LogP contribution in [0, 0.1) is 0 Å². The summed E-state index contributed by atoms with van der Waals surface area (Å²) < 4.78 is 11.2. The molecule has 0 saturated carbocycles. The summed E-state index contributed by atoms with van der Waals surface area (Å²) in [5.74, 6) is 0.618. The predicted octanol–water partition coefficient (Wildman–Crippen LogP) is 2.96. The summed E-state index contributed by atoms with van der Waals surface area (Å²) in [6.45, 7) is 0.317. The summed E-state index contributed by atoms with van der Waals surface area (Å²) >= 11 is 3.50. The van der Waals surface area contributed by atoms with Gasteiger partial charge in [0.25, 0.3) is 11.8 Å². The number of carbonyl (C=O) groups excluding carboxylic acids is 2. The van der Waals surface area contributed by atoms with Gasteiger partial charge in [-0.2, -0.15) is 5.11 Å². The Morgan fingerprint density at radius 2 is 1.68 bits per heavy atom. The normalized spacial score (nSPS) is 20.7. The quantitative estimate of drug-likeness (QED) is 0.661. The van der Waals surface area contributed by atoms with Crippen LogP contribution in [0.1, 0.15) is 5.56 Å². The molecule has 2 aromatic rings. The predicted molar refractivity (Wildman–Crippen MR) is 104 cm³/mol. The lowest BCUT2D eigenvalue weighted by Gasteiger charge is -2.21. The Bertz CT molecular complexity index is 963. The topological polar surface area (TPSA) is 83.8 Å². The standard InChI is InChI=1S/C19H17BrN4O4/c1-27-13-5-3-12(4-6-13)24-18(25)16-17(19(24)26)23(22-21-16)10-11-9-14(28-2)7-8-15(11)20/h3-9,16-17H,10H2,1-2H3/t16-,17+/m1/s1. The van der Waals surface area contributed by atoms with Gasteiger partial charge in [0.05, 0.1) is 26.5 Å². The molecule has 2 atom stereocenters. The number of halogens is 1. The molecule has 28 heavy (non-hydrogen) atoms. The molecule has 2 aliphatic rings. The Kier molecular flexibility index (Phi) is 4.76. The molecule has 0 radical (unpaired) electrons. The number of amides is 2. The molecule has 144 valence electrons. The highest BCUT2D eigenvalue weighted by Gasteiger charge is 2.54. The van der Waals surface area contributed by atoms with E-state index in [-0.39, 0.29) is 11.8 Å². The summed E-state index contributed by atoms with van der Waals surface area (Å²) in [5, 5.41) is 9.68. The van der Waals surface area contributed by atoms with Crippen LogP contribution in [-0.2, 0) is 16.1 Å². The third kappa shape index (κ3) is 3.01. The Hall–Kier alpha value is -2.94. The van der Waals surface area contributed by atoms with E-state index in [9.17, 15) is 9.59 Å². The van der Waals surface area contributed by atoms with Gasteiger partial charge in [0, 0.05) is 4.47 Å². The molecule has 0 bridgehead atoms. The van der Waals surface area contributed by atoms with Gasteiger partial charge in [-0.05, 0) is 48.0 Å². The van der Waals surface area contributed by atoms with Crippen molar-refractivity contribution in [2.24, 2.45) is 10.3 Å². The van der Waals surface area contributed by atoms with Crippen molar-refractivity contribution in [3.8, 4) is 11.5 Å². The molecular weight excluding hydrogens is 428 g/mol. The highest BCUT2D eigenvalue weighted by molar-refractivity contribution is 9.10. The SMILES string of the molecule is COc1ccc(N2C(=O)[C@@H]3[C@@H](N=NN3Cc3cc(OC)ccc3Br)C2=O)cc1. The lowest BCUT2D eigenvalue weighted by Crippen LogP contribution is -2.39. The van der Waals surface area contributed by atoms with Crippen molar-refractivity contribution in [3.63, 3.8) is 0 Å². The third-order valence-corrected chi connectivity index (χ3v) is 5.55. The van der Waals surface area contributed by atoms with Gasteiger partial charge in [-0.25, -0.2) is 4.90 Å². The van der Waals surface area contributed by atoms with Crippen LogP contribution in [0.5, 0.6) is 11.5 Å². The highest BCUT2D eigenvalue weighted by Crippen LogP contribution is 2.34. The largest absolute Gasteiger partial charge is 0.497 e. The third-order valence-electron chi connectivity index (χ3n) is 4.77. The number of nitrogens with zero attached hydrogens (tertiary/aromatic N) is 4. The van der Waals surface area contributed by atoms with E-state index in [4.69, 9.17) is 9.47 Å². The fourth-order valence-corrected chi connectivity index (χ4v) is 3.69. The molecule has 1 saturated heterocycles. The fourth-order valence-electron chi connectivity index (χ4n) is 3.31. The van der Waals surface area contributed by atoms with Crippen LogP contribution in [0.2, 0.25) is 0 Å². The summed E-state index contributed by atoms with van der Waals surface area (Å²) in [7, 11) is 3.14. The molecule has 9 heteroatoms. The number of rotatable bonds is 5. The minimum Gasteiger partial charge on any atom is -0.497 e. The first kappa shape index (κ1) is 18.4. The Morgan fingerprint density at radius 1 is 1.00 bits per heavy atom. The van der Waals surface area contributed by atoms with Crippen molar-refractivity contribution in [1.29, 1.82) is 0 Å². The van der Waals surface area contributed by atoms with Gasteiger partial charge in [0.2, 0.25) is 0 Å². The highest BCUT2D eigenvalue weighted by atomic mass is 79.9. The fraction of sp³-hybridized carbons (Fsp3) is 0.263. The number of imide groups is 1. The maximum absolute atomic E-state index is 13.0. The zero-order chi connectivity index (χ0) is 19.8. The van der Waals surface area contributed by atoms with Crippen molar-refractivity contribution < 1.29 is 19.1 Å². The first-order valence-electron chi connectivity index (χ1n) is 8.55. The smallest absolute Gasteiger partial charge is 0.263 e.